The fourth-order valence-corrected chi connectivity index (χ4v) is 1.23. The van der Waals surface area contributed by atoms with Gasteiger partial charge in [-0.25, -0.2) is 0 Å². The molecule has 0 fully saturated rings. The van der Waals surface area contributed by atoms with Gasteiger partial charge in [-0.1, -0.05) is 16.8 Å². The lowest BCUT2D eigenvalue weighted by Crippen LogP contribution is -1.90. The fraction of sp³-hybridized carbons (Fsp3) is 0.111. The van der Waals surface area contributed by atoms with E-state index in [4.69, 9.17) is 5.73 Å². The highest BCUT2D eigenvalue weighted by atomic mass is 15.3. The molecule has 0 bridgehead atoms. The summed E-state index contributed by atoms with van der Waals surface area (Å²) in [7, 11) is 0. The normalized spacial score (nSPS) is 10.2. The Kier molecular flexibility index (Phi) is 1.73. The highest BCUT2D eigenvalue weighted by Gasteiger charge is 2.03. The number of H-pyrrole nitrogens is 1. The van der Waals surface area contributed by atoms with Gasteiger partial charge in [0.2, 0.25) is 0 Å². The predicted octanol–water partition coefficient (Wildman–Crippen LogP) is 1.36. The molecule has 0 spiro atoms. The summed E-state index contributed by atoms with van der Waals surface area (Å²) < 4.78 is 0. The molecule has 0 radical (unpaired) electrons. The molecule has 0 aliphatic rings. The Bertz CT molecular complexity index is 406. The Morgan fingerprint density at radius 1 is 1.38 bits per heavy atom. The predicted molar refractivity (Wildman–Crippen MR) is 51.0 cm³/mol. The Labute approximate surface area is 75.8 Å². The van der Waals surface area contributed by atoms with E-state index < -0.39 is 0 Å². The third-order valence-corrected chi connectivity index (χ3v) is 1.91. The number of hydrogen-bond acceptors (Lipinski definition) is 3. The number of aromatic amines is 1. The fourth-order valence-electron chi connectivity index (χ4n) is 1.23. The molecule has 4 heteroatoms. The number of benzene rings is 1. The summed E-state index contributed by atoms with van der Waals surface area (Å²) in [6.07, 6.45) is 1.66. The molecule has 1 aromatic carbocycles. The number of aryl methyl sites for hydroxylation is 1. The van der Waals surface area contributed by atoms with E-state index in [1.54, 1.807) is 6.20 Å². The maximum atomic E-state index is 5.81. The molecule has 2 aromatic rings. The highest BCUT2D eigenvalue weighted by Crippen LogP contribution is 2.23. The second kappa shape index (κ2) is 2.90. The minimum atomic E-state index is 0.733. The average Bonchev–Trinajstić information content (AvgIpc) is 2.61. The van der Waals surface area contributed by atoms with E-state index >= 15 is 0 Å². The molecule has 0 aliphatic carbocycles. The molecule has 0 amide bonds. The van der Waals surface area contributed by atoms with Gasteiger partial charge in [-0.05, 0) is 19.1 Å². The largest absolute Gasteiger partial charge is 0.398 e. The lowest BCUT2D eigenvalue weighted by molar-refractivity contribution is 0.942. The van der Waals surface area contributed by atoms with Crippen molar-refractivity contribution in [1.29, 1.82) is 0 Å². The quantitative estimate of drug-likeness (QED) is 0.641. The molecule has 3 N–H and O–H groups in total. The second-order valence-electron chi connectivity index (χ2n) is 2.96. The number of nitrogens with one attached hydrogen (secondary N) is 1. The van der Waals surface area contributed by atoms with Gasteiger partial charge in [0.15, 0.2) is 0 Å². The lowest BCUT2D eigenvalue weighted by Gasteiger charge is -2.02. The van der Waals surface area contributed by atoms with Gasteiger partial charge in [0.25, 0.3) is 0 Å². The maximum absolute atomic E-state index is 5.81. The van der Waals surface area contributed by atoms with Crippen LogP contribution in [-0.2, 0) is 0 Å². The summed E-state index contributed by atoms with van der Waals surface area (Å²) in [6.45, 7) is 2.02. The molecule has 0 saturated heterocycles. The van der Waals surface area contributed by atoms with Crippen LogP contribution in [0.15, 0.2) is 24.4 Å². The summed E-state index contributed by atoms with van der Waals surface area (Å²) in [5.74, 6) is 0. The van der Waals surface area contributed by atoms with Crippen molar-refractivity contribution in [2.45, 2.75) is 6.92 Å². The Hall–Kier alpha value is -1.84. The molecular weight excluding hydrogens is 164 g/mol. The van der Waals surface area contributed by atoms with Crippen molar-refractivity contribution in [3.63, 3.8) is 0 Å². The van der Waals surface area contributed by atoms with E-state index in [2.05, 4.69) is 15.4 Å². The van der Waals surface area contributed by atoms with Crippen LogP contribution in [0.4, 0.5) is 5.69 Å². The third-order valence-electron chi connectivity index (χ3n) is 1.91. The first kappa shape index (κ1) is 7.79. The molecule has 0 atom stereocenters. The van der Waals surface area contributed by atoms with Crippen LogP contribution >= 0.6 is 0 Å². The zero-order valence-electron chi connectivity index (χ0n) is 7.28. The van der Waals surface area contributed by atoms with Crippen LogP contribution < -0.4 is 5.73 Å². The van der Waals surface area contributed by atoms with Crippen LogP contribution in [0.25, 0.3) is 11.3 Å². The van der Waals surface area contributed by atoms with Crippen molar-refractivity contribution < 1.29 is 0 Å². The van der Waals surface area contributed by atoms with Gasteiger partial charge in [0.05, 0.1) is 11.9 Å². The Morgan fingerprint density at radius 3 is 2.92 bits per heavy atom. The van der Waals surface area contributed by atoms with E-state index in [9.17, 15) is 0 Å². The van der Waals surface area contributed by atoms with Gasteiger partial charge in [-0.15, -0.1) is 5.10 Å². The molecule has 0 aliphatic heterocycles. The zero-order valence-corrected chi connectivity index (χ0v) is 7.28. The number of nitrogen functional groups attached to an aromatic ring is 1. The zero-order chi connectivity index (χ0) is 9.26. The Morgan fingerprint density at radius 2 is 2.23 bits per heavy atom. The van der Waals surface area contributed by atoms with Crippen LogP contribution in [0.5, 0.6) is 0 Å². The van der Waals surface area contributed by atoms with Crippen LogP contribution in [0.2, 0.25) is 0 Å². The number of nitrogens with two attached hydrogens (primary N) is 1. The molecule has 4 nitrogen and oxygen atoms in total. The summed E-state index contributed by atoms with van der Waals surface area (Å²) in [6, 6.07) is 5.86. The van der Waals surface area contributed by atoms with E-state index in [-0.39, 0.29) is 0 Å². The maximum Gasteiger partial charge on any atom is 0.0874 e. The monoisotopic (exact) mass is 174 g/mol. The van der Waals surface area contributed by atoms with E-state index in [0.717, 1.165) is 16.9 Å². The molecule has 13 heavy (non-hydrogen) atoms. The van der Waals surface area contributed by atoms with Gasteiger partial charge >= 0.3 is 0 Å². The van der Waals surface area contributed by atoms with E-state index in [1.807, 2.05) is 25.1 Å². The van der Waals surface area contributed by atoms with Crippen molar-refractivity contribution in [3.05, 3.63) is 30.0 Å². The van der Waals surface area contributed by atoms with E-state index in [0.29, 0.717) is 0 Å². The lowest BCUT2D eigenvalue weighted by atomic mass is 10.1. The summed E-state index contributed by atoms with van der Waals surface area (Å²) in [5.41, 5.74) is 9.50. The molecular formula is C9H10N4. The number of aromatic nitrogens is 3. The van der Waals surface area contributed by atoms with Crippen molar-refractivity contribution >= 4 is 5.69 Å². The molecule has 1 aromatic heterocycles. The Balaban J connectivity index is 2.57. The molecule has 2 rings (SSSR count). The molecule has 66 valence electrons. The molecule has 0 unspecified atom stereocenters. The van der Waals surface area contributed by atoms with Crippen LogP contribution in [0.1, 0.15) is 5.56 Å². The number of anilines is 1. The first-order valence-electron chi connectivity index (χ1n) is 4.00. The van der Waals surface area contributed by atoms with Crippen molar-refractivity contribution in [1.82, 2.24) is 15.4 Å². The summed E-state index contributed by atoms with van der Waals surface area (Å²) in [4.78, 5) is 0. The van der Waals surface area contributed by atoms with Crippen LogP contribution in [0.3, 0.4) is 0 Å². The van der Waals surface area contributed by atoms with E-state index in [1.165, 1.54) is 5.56 Å². The van der Waals surface area contributed by atoms with Gasteiger partial charge in [-0.2, -0.15) is 0 Å². The smallest absolute Gasteiger partial charge is 0.0874 e. The van der Waals surface area contributed by atoms with Crippen molar-refractivity contribution in [2.24, 2.45) is 0 Å². The standard InChI is InChI=1S/C9H10N4/c1-6-2-3-8(10)7(4-6)9-5-11-13-12-9/h2-5H,10H2,1H3,(H,11,12,13). The van der Waals surface area contributed by atoms with Gasteiger partial charge in [0, 0.05) is 11.3 Å². The summed E-state index contributed by atoms with van der Waals surface area (Å²) in [5, 5.41) is 10.1. The molecule has 1 heterocycles. The first-order chi connectivity index (χ1) is 6.27. The first-order valence-corrected chi connectivity index (χ1v) is 4.00. The van der Waals surface area contributed by atoms with Crippen LogP contribution in [-0.4, -0.2) is 15.4 Å². The van der Waals surface area contributed by atoms with Crippen LogP contribution in [0, 0.1) is 6.92 Å². The van der Waals surface area contributed by atoms with Gasteiger partial charge in [-0.3, -0.25) is 5.10 Å². The number of nitrogens with zero attached hydrogens (tertiary/aromatic N) is 2. The van der Waals surface area contributed by atoms with Gasteiger partial charge < -0.3 is 5.73 Å². The van der Waals surface area contributed by atoms with Gasteiger partial charge in [0.1, 0.15) is 0 Å². The number of rotatable bonds is 1. The summed E-state index contributed by atoms with van der Waals surface area (Å²) >= 11 is 0. The third kappa shape index (κ3) is 1.38. The molecule has 0 saturated carbocycles. The highest BCUT2D eigenvalue weighted by molar-refractivity contribution is 5.73. The minimum absolute atomic E-state index is 0.733. The van der Waals surface area contributed by atoms with Crippen molar-refractivity contribution in [3.8, 4) is 11.3 Å². The topological polar surface area (TPSA) is 67.6 Å². The second-order valence-corrected chi connectivity index (χ2v) is 2.96. The minimum Gasteiger partial charge on any atom is -0.398 e. The average molecular weight is 174 g/mol. The number of hydrogen-bond donors (Lipinski definition) is 2. The van der Waals surface area contributed by atoms with Crippen molar-refractivity contribution in [2.75, 3.05) is 5.73 Å². The SMILES string of the molecule is Cc1ccc(N)c(-c2cnn[nH]2)c1.